The van der Waals surface area contributed by atoms with Crippen molar-refractivity contribution in [3.8, 4) is 0 Å². The standard InChI is InChI=1S/C6H6F4O2/c7-5(8)1-3(2-5)6(9,10)4(11)12/h3H,1-2H2,(H,11,12). The topological polar surface area (TPSA) is 37.3 Å². The Balaban J connectivity index is 2.58. The van der Waals surface area contributed by atoms with Crippen molar-refractivity contribution in [3.63, 3.8) is 0 Å². The largest absolute Gasteiger partial charge is 0.477 e. The summed E-state index contributed by atoms with van der Waals surface area (Å²) in [7, 11) is 0. The molecule has 0 aliphatic heterocycles. The molecular formula is C6H6F4O2. The van der Waals surface area contributed by atoms with Gasteiger partial charge in [0.05, 0.1) is 0 Å². The first kappa shape index (κ1) is 9.28. The summed E-state index contributed by atoms with van der Waals surface area (Å²) in [5.74, 6) is -11.2. The fourth-order valence-electron chi connectivity index (χ4n) is 1.09. The predicted molar refractivity (Wildman–Crippen MR) is 30.3 cm³/mol. The molecule has 12 heavy (non-hydrogen) atoms. The number of hydrogen-bond acceptors (Lipinski definition) is 1. The van der Waals surface area contributed by atoms with Crippen LogP contribution in [0, 0.1) is 5.92 Å². The number of alkyl halides is 4. The average molecular weight is 186 g/mol. The molecule has 2 nitrogen and oxygen atoms in total. The summed E-state index contributed by atoms with van der Waals surface area (Å²) >= 11 is 0. The Morgan fingerprint density at radius 1 is 1.42 bits per heavy atom. The molecule has 1 N–H and O–H groups in total. The van der Waals surface area contributed by atoms with E-state index in [1.807, 2.05) is 0 Å². The van der Waals surface area contributed by atoms with Gasteiger partial charge in [-0.2, -0.15) is 8.78 Å². The van der Waals surface area contributed by atoms with E-state index in [9.17, 15) is 22.4 Å². The van der Waals surface area contributed by atoms with Crippen LogP contribution in [-0.2, 0) is 4.79 Å². The van der Waals surface area contributed by atoms with Crippen LogP contribution in [-0.4, -0.2) is 22.9 Å². The molecular weight excluding hydrogens is 180 g/mol. The quantitative estimate of drug-likeness (QED) is 0.667. The fourth-order valence-corrected chi connectivity index (χ4v) is 1.09. The number of hydrogen-bond donors (Lipinski definition) is 1. The molecule has 1 rings (SSSR count). The lowest BCUT2D eigenvalue weighted by molar-refractivity contribution is -0.210. The fraction of sp³-hybridized carbons (Fsp3) is 0.833. The van der Waals surface area contributed by atoms with Gasteiger partial charge in [-0.3, -0.25) is 0 Å². The Labute approximate surface area is 65.2 Å². The number of rotatable bonds is 2. The molecule has 0 aromatic carbocycles. The van der Waals surface area contributed by atoms with Crippen molar-refractivity contribution in [2.24, 2.45) is 5.92 Å². The van der Waals surface area contributed by atoms with Crippen LogP contribution >= 0.6 is 0 Å². The van der Waals surface area contributed by atoms with Crippen LogP contribution in [0.2, 0.25) is 0 Å². The van der Waals surface area contributed by atoms with Crippen LogP contribution in [0.4, 0.5) is 17.6 Å². The van der Waals surface area contributed by atoms with Gasteiger partial charge in [-0.05, 0) is 0 Å². The van der Waals surface area contributed by atoms with Crippen LogP contribution < -0.4 is 0 Å². The third-order valence-electron chi connectivity index (χ3n) is 1.89. The van der Waals surface area contributed by atoms with Gasteiger partial charge in [0.15, 0.2) is 0 Å². The highest BCUT2D eigenvalue weighted by Gasteiger charge is 2.60. The molecule has 6 heteroatoms. The van der Waals surface area contributed by atoms with Gasteiger partial charge in [-0.25, -0.2) is 13.6 Å². The van der Waals surface area contributed by atoms with E-state index in [1.165, 1.54) is 0 Å². The molecule has 0 amide bonds. The summed E-state index contributed by atoms with van der Waals surface area (Å²) in [5, 5.41) is 7.95. The summed E-state index contributed by atoms with van der Waals surface area (Å²) < 4.78 is 48.9. The maximum absolute atomic E-state index is 12.4. The first-order valence-electron chi connectivity index (χ1n) is 3.25. The third kappa shape index (κ3) is 1.37. The van der Waals surface area contributed by atoms with E-state index in [-0.39, 0.29) is 0 Å². The Morgan fingerprint density at radius 3 is 2.08 bits per heavy atom. The second-order valence-corrected chi connectivity index (χ2v) is 2.89. The van der Waals surface area contributed by atoms with E-state index in [2.05, 4.69) is 0 Å². The van der Waals surface area contributed by atoms with Crippen LogP contribution in [0.15, 0.2) is 0 Å². The summed E-state index contributed by atoms with van der Waals surface area (Å²) in [6.45, 7) is 0. The lowest BCUT2D eigenvalue weighted by Gasteiger charge is -2.37. The van der Waals surface area contributed by atoms with Gasteiger partial charge in [0.1, 0.15) is 0 Å². The zero-order valence-corrected chi connectivity index (χ0v) is 5.86. The highest BCUT2D eigenvalue weighted by Crippen LogP contribution is 2.49. The minimum absolute atomic E-state index is 1.04. The summed E-state index contributed by atoms with van der Waals surface area (Å²) in [6.07, 6.45) is -2.07. The van der Waals surface area contributed by atoms with E-state index < -0.39 is 36.6 Å². The molecule has 1 saturated carbocycles. The maximum Gasteiger partial charge on any atom is 0.374 e. The normalized spacial score (nSPS) is 23.3. The van der Waals surface area contributed by atoms with Crippen molar-refractivity contribution >= 4 is 5.97 Å². The Hall–Kier alpha value is -0.810. The van der Waals surface area contributed by atoms with Gasteiger partial charge < -0.3 is 5.11 Å². The van der Waals surface area contributed by atoms with Crippen molar-refractivity contribution in [3.05, 3.63) is 0 Å². The van der Waals surface area contributed by atoms with Crippen LogP contribution in [0.1, 0.15) is 12.8 Å². The molecule has 0 aromatic heterocycles. The van der Waals surface area contributed by atoms with Crippen molar-refractivity contribution in [1.29, 1.82) is 0 Å². The van der Waals surface area contributed by atoms with E-state index >= 15 is 0 Å². The first-order chi connectivity index (χ1) is 5.26. The van der Waals surface area contributed by atoms with Gasteiger partial charge in [-0.15, -0.1) is 0 Å². The molecule has 0 atom stereocenters. The second kappa shape index (κ2) is 2.34. The number of aliphatic carboxylic acids is 1. The molecule has 0 spiro atoms. The highest BCUT2D eigenvalue weighted by atomic mass is 19.3. The first-order valence-corrected chi connectivity index (χ1v) is 3.25. The second-order valence-electron chi connectivity index (χ2n) is 2.89. The molecule has 1 fully saturated rings. The van der Waals surface area contributed by atoms with Crippen molar-refractivity contribution in [2.45, 2.75) is 24.7 Å². The molecule has 0 aromatic rings. The average Bonchev–Trinajstić information content (AvgIpc) is 1.82. The molecule has 0 saturated heterocycles. The lowest BCUT2D eigenvalue weighted by Crippen LogP contribution is -2.49. The van der Waals surface area contributed by atoms with Gasteiger partial charge >= 0.3 is 11.9 Å². The molecule has 0 unspecified atom stereocenters. The van der Waals surface area contributed by atoms with Gasteiger partial charge in [0.25, 0.3) is 0 Å². The van der Waals surface area contributed by atoms with Gasteiger partial charge in [0.2, 0.25) is 5.92 Å². The molecule has 0 bridgehead atoms. The molecule has 70 valence electrons. The zero-order chi connectivity index (χ0) is 9.57. The van der Waals surface area contributed by atoms with E-state index in [0.717, 1.165) is 0 Å². The Bertz CT molecular complexity index is 206. The third-order valence-corrected chi connectivity index (χ3v) is 1.89. The van der Waals surface area contributed by atoms with Crippen LogP contribution in [0.3, 0.4) is 0 Å². The Morgan fingerprint density at radius 2 is 1.83 bits per heavy atom. The van der Waals surface area contributed by atoms with Crippen molar-refractivity contribution in [2.75, 3.05) is 0 Å². The van der Waals surface area contributed by atoms with Gasteiger partial charge in [0, 0.05) is 18.8 Å². The van der Waals surface area contributed by atoms with Crippen LogP contribution in [0.25, 0.3) is 0 Å². The molecule has 0 heterocycles. The number of carboxylic acids is 1. The van der Waals surface area contributed by atoms with Gasteiger partial charge in [-0.1, -0.05) is 0 Å². The summed E-state index contributed by atoms with van der Waals surface area (Å²) in [5.41, 5.74) is 0. The highest BCUT2D eigenvalue weighted by molar-refractivity contribution is 5.75. The monoisotopic (exact) mass is 186 g/mol. The number of carboxylic acid groups (broad SMARTS) is 1. The summed E-state index contributed by atoms with van der Waals surface area (Å²) in [6, 6.07) is 0. The molecule has 0 radical (unpaired) electrons. The smallest absolute Gasteiger partial charge is 0.374 e. The van der Waals surface area contributed by atoms with Crippen LogP contribution in [0.5, 0.6) is 0 Å². The maximum atomic E-state index is 12.4. The van der Waals surface area contributed by atoms with E-state index in [1.54, 1.807) is 0 Å². The van der Waals surface area contributed by atoms with Crippen molar-refractivity contribution in [1.82, 2.24) is 0 Å². The predicted octanol–water partition coefficient (Wildman–Crippen LogP) is 1.75. The summed E-state index contributed by atoms with van der Waals surface area (Å²) in [4.78, 5) is 9.87. The molecule has 1 aliphatic rings. The number of halogens is 4. The molecule has 1 aliphatic carbocycles. The minimum atomic E-state index is -4.01. The minimum Gasteiger partial charge on any atom is -0.477 e. The Kier molecular flexibility index (Phi) is 1.81. The lowest BCUT2D eigenvalue weighted by atomic mass is 9.77. The SMILES string of the molecule is O=C(O)C(F)(F)C1CC(F)(F)C1. The van der Waals surface area contributed by atoms with Crippen molar-refractivity contribution < 1.29 is 27.5 Å². The van der Waals surface area contributed by atoms with E-state index in [4.69, 9.17) is 5.11 Å². The zero-order valence-electron chi connectivity index (χ0n) is 5.86. The number of carbonyl (C=O) groups is 1. The van der Waals surface area contributed by atoms with E-state index in [0.29, 0.717) is 0 Å².